The van der Waals surface area contributed by atoms with Gasteiger partial charge in [-0.05, 0) is 12.8 Å². The van der Waals surface area contributed by atoms with Crippen LogP contribution in [0.25, 0.3) is 0 Å². The lowest BCUT2D eigenvalue weighted by atomic mass is 10.1. The number of nitrogens with two attached hydrogens (primary N) is 1. The summed E-state index contributed by atoms with van der Waals surface area (Å²) in [5.41, 5.74) is 5.37. The molecule has 0 aliphatic rings. The maximum atomic E-state index is 11.1. The molecule has 0 aromatic carbocycles. The number of carbonyl (C=O) groups is 1. The highest BCUT2D eigenvalue weighted by Crippen LogP contribution is 2.12. The molecule has 0 heterocycles. The number of amides is 1. The number of unbranched alkanes of at least 4 members (excludes halogenated alkanes) is 9. The van der Waals surface area contributed by atoms with Gasteiger partial charge in [0.05, 0.1) is 13.6 Å². The molecule has 0 radical (unpaired) electrons. The predicted molar refractivity (Wildman–Crippen MR) is 82.8 cm³/mol. The summed E-state index contributed by atoms with van der Waals surface area (Å²) >= 11 is 0. The Morgan fingerprint density at radius 1 is 1.00 bits per heavy atom. The summed E-state index contributed by atoms with van der Waals surface area (Å²) in [6, 6.07) is 0. The van der Waals surface area contributed by atoms with E-state index in [0.29, 0.717) is 6.54 Å². The molecule has 20 heavy (non-hydrogen) atoms. The van der Waals surface area contributed by atoms with Gasteiger partial charge in [0.25, 0.3) is 0 Å². The molecule has 0 aromatic heterocycles. The highest BCUT2D eigenvalue weighted by Gasteiger charge is 2.35. The van der Waals surface area contributed by atoms with Gasteiger partial charge in [0.1, 0.15) is 0 Å². The van der Waals surface area contributed by atoms with E-state index in [0.717, 1.165) is 19.3 Å². The summed E-state index contributed by atoms with van der Waals surface area (Å²) < 4.78 is -0.489. The van der Waals surface area contributed by atoms with Crippen LogP contribution >= 0.6 is 0 Å². The molecule has 0 rings (SSSR count). The molecule has 0 aliphatic heterocycles. The fourth-order valence-electron chi connectivity index (χ4n) is 2.23. The molecule has 1 atom stereocenters. The first-order chi connectivity index (χ1) is 9.45. The van der Waals surface area contributed by atoms with Gasteiger partial charge in [-0.25, -0.2) is 5.41 Å². The number of nitrogens with one attached hydrogen (secondary N) is 1. The summed E-state index contributed by atoms with van der Waals surface area (Å²) in [6.07, 6.45) is 11.1. The second-order valence-electron chi connectivity index (χ2n) is 5.76. The van der Waals surface area contributed by atoms with Crippen molar-refractivity contribution < 1.29 is 14.4 Å². The lowest BCUT2D eigenvalue weighted by molar-refractivity contribution is -0.747. The minimum atomic E-state index is -1.05. The monoisotopic (exact) mass is 286 g/mol. The zero-order valence-corrected chi connectivity index (χ0v) is 13.2. The quantitative estimate of drug-likeness (QED) is 0.233. The molecular weight excluding hydrogens is 254 g/mol. The van der Waals surface area contributed by atoms with Crippen LogP contribution in [0.2, 0.25) is 0 Å². The Hall–Kier alpha value is -1.10. The number of hydrogen-bond donors (Lipinski definition) is 3. The summed E-state index contributed by atoms with van der Waals surface area (Å²) in [6.45, 7) is 2.63. The van der Waals surface area contributed by atoms with Gasteiger partial charge in [0, 0.05) is 0 Å². The molecule has 1 amide bonds. The Labute approximate surface area is 123 Å². The van der Waals surface area contributed by atoms with Gasteiger partial charge < -0.3 is 10.8 Å². The van der Waals surface area contributed by atoms with Crippen LogP contribution in [0.15, 0.2) is 0 Å². The summed E-state index contributed by atoms with van der Waals surface area (Å²) in [5.74, 6) is -0.298. The number of quaternary nitrogens is 1. The van der Waals surface area contributed by atoms with Crippen molar-refractivity contribution >= 4 is 12.1 Å². The number of nitrogens with zero attached hydrogens (tertiary/aromatic N) is 1. The Kier molecular flexibility index (Phi) is 10.1. The number of carboxylic acid groups (broad SMARTS) is 1. The smallest absolute Gasteiger partial charge is 0.435 e. The van der Waals surface area contributed by atoms with Gasteiger partial charge in [-0.1, -0.05) is 58.3 Å². The van der Waals surface area contributed by atoms with Gasteiger partial charge in [0.15, 0.2) is 0 Å². The number of rotatable bonds is 11. The third kappa shape index (κ3) is 7.48. The average molecular weight is 286 g/mol. The van der Waals surface area contributed by atoms with Gasteiger partial charge in [-0.3, -0.25) is 0 Å². The first-order valence-corrected chi connectivity index (χ1v) is 7.88. The van der Waals surface area contributed by atoms with Crippen molar-refractivity contribution in [3.8, 4) is 0 Å². The predicted octanol–water partition coefficient (Wildman–Crippen LogP) is 3.93. The second kappa shape index (κ2) is 10.7. The maximum Gasteiger partial charge on any atom is 0.521 e. The van der Waals surface area contributed by atoms with Crippen LogP contribution < -0.4 is 5.73 Å². The van der Waals surface area contributed by atoms with Crippen molar-refractivity contribution in [2.24, 2.45) is 5.73 Å². The molecule has 5 nitrogen and oxygen atoms in total. The van der Waals surface area contributed by atoms with Gasteiger partial charge in [-0.2, -0.15) is 9.28 Å². The first-order valence-electron chi connectivity index (χ1n) is 7.88. The van der Waals surface area contributed by atoms with E-state index in [1.807, 2.05) is 0 Å². The fourth-order valence-corrected chi connectivity index (χ4v) is 2.23. The minimum Gasteiger partial charge on any atom is -0.435 e. The molecule has 0 saturated heterocycles. The van der Waals surface area contributed by atoms with Crippen LogP contribution in [0.1, 0.15) is 71.1 Å². The average Bonchev–Trinajstić information content (AvgIpc) is 2.40. The van der Waals surface area contributed by atoms with Crippen molar-refractivity contribution in [1.82, 2.24) is 0 Å². The highest BCUT2D eigenvalue weighted by molar-refractivity contribution is 5.78. The van der Waals surface area contributed by atoms with E-state index in [1.54, 1.807) is 0 Å². The lowest BCUT2D eigenvalue weighted by Gasteiger charge is -2.24. The Morgan fingerprint density at radius 3 is 1.75 bits per heavy atom. The maximum absolute atomic E-state index is 11.1. The summed E-state index contributed by atoms with van der Waals surface area (Å²) in [5, 5.41) is 16.5. The highest BCUT2D eigenvalue weighted by atomic mass is 16.4. The SMILES string of the molecule is CCCCCCCCCCCC[N+](C)(C(=N)N)C(=O)O. The van der Waals surface area contributed by atoms with E-state index in [2.05, 4.69) is 6.92 Å². The zero-order chi connectivity index (χ0) is 15.4. The van der Waals surface area contributed by atoms with E-state index in [1.165, 1.54) is 52.0 Å². The van der Waals surface area contributed by atoms with E-state index >= 15 is 0 Å². The molecule has 118 valence electrons. The molecule has 0 saturated carbocycles. The lowest BCUT2D eigenvalue weighted by Crippen LogP contribution is -2.56. The Bertz CT molecular complexity index is 279. The Morgan fingerprint density at radius 2 is 1.40 bits per heavy atom. The van der Waals surface area contributed by atoms with Crippen LogP contribution in [-0.2, 0) is 0 Å². The van der Waals surface area contributed by atoms with E-state index in [-0.39, 0.29) is 5.96 Å². The summed E-state index contributed by atoms with van der Waals surface area (Å²) in [7, 11) is 1.48. The molecule has 1 unspecified atom stereocenters. The molecule has 5 heteroatoms. The van der Waals surface area contributed by atoms with Crippen LogP contribution in [0.5, 0.6) is 0 Å². The van der Waals surface area contributed by atoms with Gasteiger partial charge in [-0.15, -0.1) is 0 Å². The molecule has 4 N–H and O–H groups in total. The molecule has 0 bridgehead atoms. The first kappa shape index (κ1) is 18.9. The van der Waals surface area contributed by atoms with Crippen LogP contribution in [0.3, 0.4) is 0 Å². The third-order valence-electron chi connectivity index (χ3n) is 3.91. The van der Waals surface area contributed by atoms with Crippen molar-refractivity contribution in [2.45, 2.75) is 71.1 Å². The summed E-state index contributed by atoms with van der Waals surface area (Å²) in [4.78, 5) is 11.1. The van der Waals surface area contributed by atoms with Crippen LogP contribution in [0.4, 0.5) is 4.79 Å². The standard InChI is InChI=1S/C15H31N3O2/c1-3-4-5-6-7-8-9-10-11-12-13-18(2,14(16)17)15(19)20/h3-13H2,1-2H3,(H3-,16,17,19,20)/p+1. The fraction of sp³-hybridized carbons (Fsp3) is 0.867. The number of guanidine groups is 1. The third-order valence-corrected chi connectivity index (χ3v) is 3.91. The van der Waals surface area contributed by atoms with E-state index in [4.69, 9.17) is 16.2 Å². The van der Waals surface area contributed by atoms with Crippen LogP contribution in [0, 0.1) is 5.41 Å². The van der Waals surface area contributed by atoms with Crippen molar-refractivity contribution in [1.29, 1.82) is 5.41 Å². The van der Waals surface area contributed by atoms with E-state index < -0.39 is 10.6 Å². The molecular formula is C15H32N3O2+. The van der Waals surface area contributed by atoms with Crippen molar-refractivity contribution in [2.75, 3.05) is 13.6 Å². The second-order valence-corrected chi connectivity index (χ2v) is 5.76. The largest absolute Gasteiger partial charge is 0.521 e. The van der Waals surface area contributed by atoms with Crippen molar-refractivity contribution in [3.63, 3.8) is 0 Å². The molecule has 0 aliphatic carbocycles. The van der Waals surface area contributed by atoms with Gasteiger partial charge >= 0.3 is 12.1 Å². The molecule has 0 fully saturated rings. The molecule has 0 aromatic rings. The topological polar surface area (TPSA) is 87.2 Å². The number of hydrogen-bond acceptors (Lipinski definition) is 2. The Balaban J connectivity index is 3.56. The molecule has 0 spiro atoms. The normalized spacial score (nSPS) is 13.9. The van der Waals surface area contributed by atoms with E-state index in [9.17, 15) is 4.79 Å². The zero-order valence-electron chi connectivity index (χ0n) is 13.2. The van der Waals surface area contributed by atoms with Gasteiger partial charge in [0.2, 0.25) is 0 Å². The van der Waals surface area contributed by atoms with Crippen LogP contribution in [-0.4, -0.2) is 35.2 Å². The minimum absolute atomic E-state index is 0.298. The van der Waals surface area contributed by atoms with Crippen molar-refractivity contribution in [3.05, 3.63) is 0 Å².